The minimum Gasteiger partial charge on any atom is -0.506 e. The van der Waals surface area contributed by atoms with Gasteiger partial charge in [-0.15, -0.1) is 0 Å². The van der Waals surface area contributed by atoms with Gasteiger partial charge in [0.05, 0.1) is 10.9 Å². The monoisotopic (exact) mass is 242 g/mol. The SMILES string of the molecule is CCc1cc(Cl)c(O)c(CC(C)C(=O)O)c1. The Morgan fingerprint density at radius 1 is 1.50 bits per heavy atom. The highest BCUT2D eigenvalue weighted by atomic mass is 35.5. The van der Waals surface area contributed by atoms with E-state index in [2.05, 4.69) is 0 Å². The van der Waals surface area contributed by atoms with Crippen LogP contribution < -0.4 is 0 Å². The molecule has 3 nitrogen and oxygen atoms in total. The second-order valence-corrected chi connectivity index (χ2v) is 4.29. The van der Waals surface area contributed by atoms with Gasteiger partial charge in [0.1, 0.15) is 5.75 Å². The molecule has 1 aromatic carbocycles. The number of aliphatic carboxylic acids is 1. The number of carboxylic acid groups (broad SMARTS) is 1. The van der Waals surface area contributed by atoms with E-state index in [-0.39, 0.29) is 17.2 Å². The summed E-state index contributed by atoms with van der Waals surface area (Å²) in [7, 11) is 0. The summed E-state index contributed by atoms with van der Waals surface area (Å²) < 4.78 is 0. The van der Waals surface area contributed by atoms with Crippen LogP contribution in [0.4, 0.5) is 0 Å². The van der Waals surface area contributed by atoms with E-state index in [9.17, 15) is 9.90 Å². The Bertz CT molecular complexity index is 401. The van der Waals surface area contributed by atoms with Crippen molar-refractivity contribution in [3.63, 3.8) is 0 Å². The van der Waals surface area contributed by atoms with Gasteiger partial charge >= 0.3 is 5.97 Å². The van der Waals surface area contributed by atoms with Crippen LogP contribution in [0.25, 0.3) is 0 Å². The minimum atomic E-state index is -0.877. The summed E-state index contributed by atoms with van der Waals surface area (Å²) in [6.45, 7) is 3.58. The Morgan fingerprint density at radius 3 is 2.62 bits per heavy atom. The zero-order valence-corrected chi connectivity index (χ0v) is 10.1. The van der Waals surface area contributed by atoms with E-state index in [0.29, 0.717) is 5.56 Å². The van der Waals surface area contributed by atoms with Gasteiger partial charge in [-0.2, -0.15) is 0 Å². The van der Waals surface area contributed by atoms with Crippen molar-refractivity contribution >= 4 is 17.6 Å². The number of carbonyl (C=O) groups is 1. The van der Waals surface area contributed by atoms with Gasteiger partial charge in [0, 0.05) is 0 Å². The van der Waals surface area contributed by atoms with E-state index >= 15 is 0 Å². The number of halogens is 1. The normalized spacial score (nSPS) is 12.4. The molecule has 0 aliphatic heterocycles. The summed E-state index contributed by atoms with van der Waals surface area (Å²) >= 11 is 5.86. The number of rotatable bonds is 4. The highest BCUT2D eigenvalue weighted by molar-refractivity contribution is 6.32. The smallest absolute Gasteiger partial charge is 0.306 e. The van der Waals surface area contributed by atoms with Gasteiger partial charge in [0.2, 0.25) is 0 Å². The van der Waals surface area contributed by atoms with Crippen molar-refractivity contribution in [2.45, 2.75) is 26.7 Å². The van der Waals surface area contributed by atoms with Crippen LogP contribution in [0.3, 0.4) is 0 Å². The maximum atomic E-state index is 10.7. The highest BCUT2D eigenvalue weighted by Gasteiger charge is 2.16. The molecule has 2 N–H and O–H groups in total. The average Bonchev–Trinajstić information content (AvgIpc) is 2.24. The second kappa shape index (κ2) is 5.21. The largest absolute Gasteiger partial charge is 0.506 e. The molecular weight excluding hydrogens is 228 g/mol. The fourth-order valence-corrected chi connectivity index (χ4v) is 1.76. The lowest BCUT2D eigenvalue weighted by Gasteiger charge is -2.11. The molecular formula is C12H15ClO3. The summed E-state index contributed by atoms with van der Waals surface area (Å²) in [6.07, 6.45) is 1.09. The molecule has 0 saturated heterocycles. The van der Waals surface area contributed by atoms with E-state index in [4.69, 9.17) is 16.7 Å². The number of carboxylic acids is 1. The standard InChI is InChI=1S/C12H15ClO3/c1-3-8-5-9(4-7(2)12(15)16)11(14)10(13)6-8/h5-7,14H,3-4H2,1-2H3,(H,15,16). The Morgan fingerprint density at radius 2 is 2.12 bits per heavy atom. The van der Waals surface area contributed by atoms with Crippen LogP contribution in [0.5, 0.6) is 5.75 Å². The number of hydrogen-bond donors (Lipinski definition) is 2. The zero-order valence-electron chi connectivity index (χ0n) is 9.33. The number of aryl methyl sites for hydroxylation is 1. The molecule has 0 spiro atoms. The summed E-state index contributed by atoms with van der Waals surface area (Å²) in [5, 5.41) is 18.8. The molecule has 0 saturated carbocycles. The predicted molar refractivity (Wildman–Crippen MR) is 63.0 cm³/mol. The van der Waals surface area contributed by atoms with E-state index < -0.39 is 11.9 Å². The summed E-state index contributed by atoms with van der Waals surface area (Å²) in [5.41, 5.74) is 1.59. The molecule has 0 aliphatic carbocycles. The lowest BCUT2D eigenvalue weighted by atomic mass is 9.98. The van der Waals surface area contributed by atoms with Gasteiger partial charge in [-0.25, -0.2) is 0 Å². The van der Waals surface area contributed by atoms with Crippen molar-refractivity contribution in [3.8, 4) is 5.75 Å². The Hall–Kier alpha value is -1.22. The Balaban J connectivity index is 3.03. The van der Waals surface area contributed by atoms with Crippen LogP contribution in [0.15, 0.2) is 12.1 Å². The third kappa shape index (κ3) is 2.89. The third-order valence-electron chi connectivity index (χ3n) is 2.56. The van der Waals surface area contributed by atoms with Gasteiger partial charge in [0.25, 0.3) is 0 Å². The molecule has 88 valence electrons. The van der Waals surface area contributed by atoms with Crippen LogP contribution in [0.2, 0.25) is 5.02 Å². The van der Waals surface area contributed by atoms with Crippen LogP contribution in [-0.2, 0) is 17.6 Å². The maximum Gasteiger partial charge on any atom is 0.306 e. The Kier molecular flexibility index (Phi) is 4.19. The van der Waals surface area contributed by atoms with Crippen molar-refractivity contribution in [3.05, 3.63) is 28.3 Å². The molecule has 0 amide bonds. The quantitative estimate of drug-likeness (QED) is 0.854. The fourth-order valence-electron chi connectivity index (χ4n) is 1.50. The van der Waals surface area contributed by atoms with Crippen molar-refractivity contribution < 1.29 is 15.0 Å². The molecule has 1 rings (SSSR count). The lowest BCUT2D eigenvalue weighted by molar-refractivity contribution is -0.141. The van der Waals surface area contributed by atoms with Gasteiger partial charge in [-0.3, -0.25) is 4.79 Å². The van der Waals surface area contributed by atoms with Crippen molar-refractivity contribution in [2.24, 2.45) is 5.92 Å². The fraction of sp³-hybridized carbons (Fsp3) is 0.417. The molecule has 4 heteroatoms. The topological polar surface area (TPSA) is 57.5 Å². The lowest BCUT2D eigenvalue weighted by Crippen LogP contribution is -2.12. The van der Waals surface area contributed by atoms with E-state index in [1.54, 1.807) is 19.1 Å². The van der Waals surface area contributed by atoms with Crippen LogP contribution >= 0.6 is 11.6 Å². The molecule has 1 atom stereocenters. The predicted octanol–water partition coefficient (Wildman–Crippen LogP) is 2.87. The average molecular weight is 243 g/mol. The molecule has 1 unspecified atom stereocenters. The number of hydrogen-bond acceptors (Lipinski definition) is 2. The van der Waals surface area contributed by atoms with Crippen molar-refractivity contribution in [1.29, 1.82) is 0 Å². The summed E-state index contributed by atoms with van der Waals surface area (Å²) in [6, 6.07) is 3.51. The first-order valence-electron chi connectivity index (χ1n) is 5.18. The van der Waals surface area contributed by atoms with Crippen molar-refractivity contribution in [1.82, 2.24) is 0 Å². The maximum absolute atomic E-state index is 10.7. The Labute approximate surface area is 99.7 Å². The molecule has 0 heterocycles. The zero-order chi connectivity index (χ0) is 12.3. The molecule has 0 fully saturated rings. The first kappa shape index (κ1) is 12.8. The third-order valence-corrected chi connectivity index (χ3v) is 2.85. The molecule has 0 radical (unpaired) electrons. The number of phenols is 1. The van der Waals surface area contributed by atoms with E-state index in [1.165, 1.54) is 0 Å². The van der Waals surface area contributed by atoms with Gasteiger partial charge < -0.3 is 10.2 Å². The minimum absolute atomic E-state index is 0.00744. The first-order valence-corrected chi connectivity index (χ1v) is 5.56. The van der Waals surface area contributed by atoms with Crippen LogP contribution in [-0.4, -0.2) is 16.2 Å². The van der Waals surface area contributed by atoms with Crippen LogP contribution in [0.1, 0.15) is 25.0 Å². The van der Waals surface area contributed by atoms with Crippen LogP contribution in [0, 0.1) is 5.92 Å². The molecule has 0 bridgehead atoms. The number of aromatic hydroxyl groups is 1. The van der Waals surface area contributed by atoms with E-state index in [1.807, 2.05) is 6.92 Å². The van der Waals surface area contributed by atoms with Gasteiger partial charge in [-0.1, -0.05) is 31.5 Å². The van der Waals surface area contributed by atoms with Gasteiger partial charge in [0.15, 0.2) is 0 Å². The summed E-state index contributed by atoms with van der Waals surface area (Å²) in [5.74, 6) is -1.42. The molecule has 16 heavy (non-hydrogen) atoms. The summed E-state index contributed by atoms with van der Waals surface area (Å²) in [4.78, 5) is 10.7. The van der Waals surface area contributed by atoms with Crippen molar-refractivity contribution in [2.75, 3.05) is 0 Å². The first-order chi connectivity index (χ1) is 7.45. The molecule has 0 aromatic heterocycles. The highest BCUT2D eigenvalue weighted by Crippen LogP contribution is 2.31. The molecule has 1 aromatic rings. The number of benzene rings is 1. The number of phenolic OH excluding ortho intramolecular Hbond substituents is 1. The second-order valence-electron chi connectivity index (χ2n) is 3.88. The van der Waals surface area contributed by atoms with Gasteiger partial charge in [-0.05, 0) is 30.0 Å². The van der Waals surface area contributed by atoms with E-state index in [0.717, 1.165) is 12.0 Å². The molecule has 0 aliphatic rings.